The Labute approximate surface area is 461 Å². The van der Waals surface area contributed by atoms with Gasteiger partial charge in [-0.3, -0.25) is 14.4 Å². The van der Waals surface area contributed by atoms with Gasteiger partial charge in [-0.15, -0.1) is 0 Å². The van der Waals surface area contributed by atoms with Gasteiger partial charge in [0.15, 0.2) is 6.10 Å². The van der Waals surface area contributed by atoms with Crippen LogP contribution in [0.2, 0.25) is 0 Å². The Bertz CT molecular complexity index is 1240. The molecular formula is C68H126O6. The zero-order valence-corrected chi connectivity index (χ0v) is 49.9. The number of carbonyl (C=O) groups excluding carboxylic acids is 3. The molecule has 0 aliphatic heterocycles. The maximum atomic E-state index is 12.9. The van der Waals surface area contributed by atoms with Crippen molar-refractivity contribution in [1.29, 1.82) is 0 Å². The summed E-state index contributed by atoms with van der Waals surface area (Å²) in [5.74, 6) is -0.862. The summed E-state index contributed by atoms with van der Waals surface area (Å²) < 4.78 is 16.9. The van der Waals surface area contributed by atoms with E-state index in [4.69, 9.17) is 14.2 Å². The molecule has 6 heteroatoms. The van der Waals surface area contributed by atoms with Gasteiger partial charge >= 0.3 is 17.9 Å². The first kappa shape index (κ1) is 71.6. The van der Waals surface area contributed by atoms with E-state index in [0.29, 0.717) is 19.3 Å². The number of rotatable bonds is 61. The molecule has 0 aliphatic rings. The van der Waals surface area contributed by atoms with Gasteiger partial charge in [0, 0.05) is 19.3 Å². The molecule has 0 aromatic heterocycles. The highest BCUT2D eigenvalue weighted by Gasteiger charge is 2.19. The quantitative estimate of drug-likeness (QED) is 0.0261. The highest BCUT2D eigenvalue weighted by Crippen LogP contribution is 2.18. The average Bonchev–Trinajstić information content (AvgIpc) is 3.40. The molecule has 0 heterocycles. The van der Waals surface area contributed by atoms with Crippen LogP contribution in [0, 0.1) is 0 Å². The van der Waals surface area contributed by atoms with Gasteiger partial charge in [-0.1, -0.05) is 320 Å². The molecule has 0 fully saturated rings. The van der Waals surface area contributed by atoms with Gasteiger partial charge < -0.3 is 14.2 Å². The van der Waals surface area contributed by atoms with E-state index in [1.165, 1.54) is 244 Å². The lowest BCUT2D eigenvalue weighted by molar-refractivity contribution is -0.167. The fraction of sp³-hybridized carbons (Fsp3) is 0.868. The first-order valence-corrected chi connectivity index (χ1v) is 33.0. The van der Waals surface area contributed by atoms with E-state index in [9.17, 15) is 14.4 Å². The molecule has 0 aromatic rings. The van der Waals surface area contributed by atoms with Crippen LogP contribution in [0.5, 0.6) is 0 Å². The van der Waals surface area contributed by atoms with Gasteiger partial charge in [-0.25, -0.2) is 0 Å². The molecule has 0 radical (unpaired) electrons. The fourth-order valence-corrected chi connectivity index (χ4v) is 9.92. The van der Waals surface area contributed by atoms with Crippen molar-refractivity contribution in [1.82, 2.24) is 0 Å². The summed E-state index contributed by atoms with van der Waals surface area (Å²) in [5, 5.41) is 0. The van der Waals surface area contributed by atoms with Gasteiger partial charge in [0.1, 0.15) is 13.2 Å². The smallest absolute Gasteiger partial charge is 0.306 e. The second kappa shape index (κ2) is 63.2. The molecule has 0 spiro atoms. The third-order valence-electron chi connectivity index (χ3n) is 14.9. The van der Waals surface area contributed by atoms with Gasteiger partial charge in [-0.2, -0.15) is 0 Å². The minimum Gasteiger partial charge on any atom is -0.462 e. The van der Waals surface area contributed by atoms with Crippen molar-refractivity contribution in [2.24, 2.45) is 0 Å². The van der Waals surface area contributed by atoms with E-state index in [0.717, 1.165) is 77.0 Å². The molecule has 1 unspecified atom stereocenters. The van der Waals surface area contributed by atoms with E-state index >= 15 is 0 Å². The molecule has 0 aliphatic carbocycles. The summed E-state index contributed by atoms with van der Waals surface area (Å²) in [6, 6.07) is 0. The fourth-order valence-electron chi connectivity index (χ4n) is 9.92. The minimum atomic E-state index is -0.776. The summed E-state index contributed by atoms with van der Waals surface area (Å²) in [6.45, 7) is 6.66. The Morgan fingerprint density at radius 3 is 0.784 bits per heavy atom. The van der Waals surface area contributed by atoms with E-state index in [1.54, 1.807) is 0 Å². The zero-order valence-electron chi connectivity index (χ0n) is 49.9. The second-order valence-corrected chi connectivity index (χ2v) is 22.4. The van der Waals surface area contributed by atoms with Gasteiger partial charge in [-0.05, 0) is 57.8 Å². The number of hydrogen-bond acceptors (Lipinski definition) is 6. The average molecular weight is 1040 g/mol. The van der Waals surface area contributed by atoms with Crippen LogP contribution in [0.1, 0.15) is 361 Å². The summed E-state index contributed by atoms with van der Waals surface area (Å²) in [5.41, 5.74) is 0. The van der Waals surface area contributed by atoms with Crippen LogP contribution in [0.3, 0.4) is 0 Å². The third kappa shape index (κ3) is 60.5. The van der Waals surface area contributed by atoms with Crippen molar-refractivity contribution in [3.05, 3.63) is 36.5 Å². The molecule has 0 saturated carbocycles. The SMILES string of the molecule is CCCCC/C=C\C/C=C\C/C=C\CCCCCCCCC(=O)OC(COC(=O)CCCCCCCCCCCCC)COC(=O)CCCCCCCCCCCCCCCCCCCCCCCCCCCC. The second-order valence-electron chi connectivity index (χ2n) is 22.4. The number of allylic oxidation sites excluding steroid dienone is 6. The van der Waals surface area contributed by atoms with E-state index in [2.05, 4.69) is 57.2 Å². The normalized spacial score (nSPS) is 12.2. The lowest BCUT2D eigenvalue weighted by atomic mass is 10.0. The maximum Gasteiger partial charge on any atom is 0.306 e. The van der Waals surface area contributed by atoms with E-state index in [1.807, 2.05) is 0 Å². The molecule has 434 valence electrons. The molecule has 6 nitrogen and oxygen atoms in total. The Balaban J connectivity index is 4.20. The van der Waals surface area contributed by atoms with Crippen molar-refractivity contribution < 1.29 is 28.6 Å². The van der Waals surface area contributed by atoms with Crippen LogP contribution in [0.4, 0.5) is 0 Å². The number of unbranched alkanes of at least 4 members (excludes halogenated alkanes) is 44. The predicted molar refractivity (Wildman–Crippen MR) is 321 cm³/mol. The van der Waals surface area contributed by atoms with Crippen molar-refractivity contribution >= 4 is 17.9 Å². The van der Waals surface area contributed by atoms with E-state index < -0.39 is 6.10 Å². The van der Waals surface area contributed by atoms with Crippen molar-refractivity contribution in [3.63, 3.8) is 0 Å². The Morgan fingerprint density at radius 1 is 0.270 bits per heavy atom. The van der Waals surface area contributed by atoms with Crippen molar-refractivity contribution in [2.45, 2.75) is 367 Å². The summed E-state index contributed by atoms with van der Waals surface area (Å²) in [7, 11) is 0. The first-order chi connectivity index (χ1) is 36.5. The van der Waals surface area contributed by atoms with Gasteiger partial charge in [0.05, 0.1) is 0 Å². The van der Waals surface area contributed by atoms with Gasteiger partial charge in [0.2, 0.25) is 0 Å². The Morgan fingerprint density at radius 2 is 0.486 bits per heavy atom. The van der Waals surface area contributed by atoms with Crippen LogP contribution in [-0.4, -0.2) is 37.2 Å². The third-order valence-corrected chi connectivity index (χ3v) is 14.9. The maximum absolute atomic E-state index is 12.9. The van der Waals surface area contributed by atoms with Crippen molar-refractivity contribution in [3.8, 4) is 0 Å². The summed E-state index contributed by atoms with van der Waals surface area (Å²) >= 11 is 0. The van der Waals surface area contributed by atoms with Crippen LogP contribution in [-0.2, 0) is 28.6 Å². The standard InChI is InChI=1S/C68H126O6/c1-4-7-10-13-16-19-22-24-26-28-30-31-32-33-34-35-36-38-39-41-43-46-49-52-55-58-61-67(70)73-64-65(63-72-66(69)60-57-54-51-48-45-21-18-15-12-9-6-3)74-68(71)62-59-56-53-50-47-44-42-40-37-29-27-25-23-20-17-14-11-8-5-2/h17,20,25,27,37,40,65H,4-16,18-19,21-24,26,28-36,38-39,41-64H2,1-3H3/b20-17-,27-25-,40-37-. The number of ether oxygens (including phenoxy) is 3. The molecule has 0 rings (SSSR count). The monoisotopic (exact) mass is 1040 g/mol. The van der Waals surface area contributed by atoms with Crippen LogP contribution in [0.15, 0.2) is 36.5 Å². The summed E-state index contributed by atoms with van der Waals surface area (Å²) in [4.78, 5) is 38.3. The zero-order chi connectivity index (χ0) is 53.6. The highest BCUT2D eigenvalue weighted by atomic mass is 16.6. The molecule has 74 heavy (non-hydrogen) atoms. The van der Waals surface area contributed by atoms with Gasteiger partial charge in [0.25, 0.3) is 0 Å². The molecule has 0 aromatic carbocycles. The van der Waals surface area contributed by atoms with Crippen LogP contribution in [0.25, 0.3) is 0 Å². The first-order valence-electron chi connectivity index (χ1n) is 33.0. The Hall–Kier alpha value is -2.37. The Kier molecular flexibility index (Phi) is 61.1. The lowest BCUT2D eigenvalue weighted by Gasteiger charge is -2.18. The topological polar surface area (TPSA) is 78.9 Å². The molecular weight excluding hydrogens is 913 g/mol. The highest BCUT2D eigenvalue weighted by molar-refractivity contribution is 5.71. The number of esters is 3. The molecule has 0 N–H and O–H groups in total. The minimum absolute atomic E-state index is 0.0724. The number of carbonyl (C=O) groups is 3. The molecule has 0 bridgehead atoms. The molecule has 1 atom stereocenters. The summed E-state index contributed by atoms with van der Waals surface area (Å²) in [6.07, 6.45) is 77.4. The number of hydrogen-bond donors (Lipinski definition) is 0. The predicted octanol–water partition coefficient (Wildman–Crippen LogP) is 22.4. The molecule has 0 amide bonds. The van der Waals surface area contributed by atoms with Crippen molar-refractivity contribution in [2.75, 3.05) is 13.2 Å². The molecule has 0 saturated heterocycles. The lowest BCUT2D eigenvalue weighted by Crippen LogP contribution is -2.30. The van der Waals surface area contributed by atoms with Crippen LogP contribution < -0.4 is 0 Å². The largest absolute Gasteiger partial charge is 0.462 e. The van der Waals surface area contributed by atoms with E-state index in [-0.39, 0.29) is 31.1 Å². The van der Waals surface area contributed by atoms with Crippen LogP contribution >= 0.6 is 0 Å².